The Morgan fingerprint density at radius 1 is 1.39 bits per heavy atom. The molecule has 18 heavy (non-hydrogen) atoms. The largest absolute Gasteiger partial charge is 0.327 e. The van der Waals surface area contributed by atoms with Crippen molar-refractivity contribution in [3.8, 4) is 0 Å². The predicted octanol–water partition coefficient (Wildman–Crippen LogP) is 2.41. The first-order valence-electron chi connectivity index (χ1n) is 6.45. The molecule has 1 atom stereocenters. The van der Waals surface area contributed by atoms with Crippen LogP contribution < -0.4 is 0 Å². The third-order valence-electron chi connectivity index (χ3n) is 3.18. The second-order valence-electron chi connectivity index (χ2n) is 4.71. The van der Waals surface area contributed by atoms with E-state index in [0.717, 1.165) is 31.3 Å². The maximum absolute atomic E-state index is 12.1. The van der Waals surface area contributed by atoms with E-state index in [0.29, 0.717) is 13.0 Å². The quantitative estimate of drug-likeness (QED) is 0.570. The summed E-state index contributed by atoms with van der Waals surface area (Å²) >= 11 is 0. The monoisotopic (exact) mass is 252 g/mol. The number of piperidine rings is 1. The van der Waals surface area contributed by atoms with E-state index in [2.05, 4.69) is 5.18 Å². The summed E-state index contributed by atoms with van der Waals surface area (Å²) in [6.07, 6.45) is 5.68. The molecule has 1 rings (SSSR count). The molecule has 0 radical (unpaired) electrons. The molecule has 0 aromatic heterocycles. The van der Waals surface area contributed by atoms with E-state index in [1.54, 1.807) is 6.08 Å². The lowest BCUT2D eigenvalue weighted by Gasteiger charge is -2.32. The van der Waals surface area contributed by atoms with Gasteiger partial charge in [-0.25, -0.2) is 0 Å². The van der Waals surface area contributed by atoms with Gasteiger partial charge in [0, 0.05) is 17.8 Å². The van der Waals surface area contributed by atoms with Crippen molar-refractivity contribution in [2.75, 3.05) is 6.54 Å². The van der Waals surface area contributed by atoms with Crippen LogP contribution in [0.2, 0.25) is 0 Å². The summed E-state index contributed by atoms with van der Waals surface area (Å²) in [5.41, 5.74) is 0.998. The molecule has 100 valence electrons. The van der Waals surface area contributed by atoms with Crippen molar-refractivity contribution in [2.45, 2.75) is 52.0 Å². The van der Waals surface area contributed by atoms with Crippen LogP contribution in [0.3, 0.4) is 0 Å². The van der Waals surface area contributed by atoms with Crippen LogP contribution in [0.4, 0.5) is 0 Å². The predicted molar refractivity (Wildman–Crippen MR) is 68.8 cm³/mol. The van der Waals surface area contributed by atoms with Gasteiger partial charge in [-0.05, 0) is 32.6 Å². The number of carbonyl (C=O) groups excluding carboxylic acids is 2. The SMILES string of the molecule is CCC/C(C)=C/C(=O)N1CCCCC1C(=O)N=O. The summed E-state index contributed by atoms with van der Waals surface area (Å²) < 4.78 is 0. The summed E-state index contributed by atoms with van der Waals surface area (Å²) in [5, 5.41) is 2.46. The number of amides is 2. The first-order valence-corrected chi connectivity index (χ1v) is 6.45. The van der Waals surface area contributed by atoms with Crippen molar-refractivity contribution in [1.82, 2.24) is 4.90 Å². The van der Waals surface area contributed by atoms with Crippen molar-refractivity contribution in [1.29, 1.82) is 0 Å². The van der Waals surface area contributed by atoms with E-state index in [9.17, 15) is 14.5 Å². The van der Waals surface area contributed by atoms with Gasteiger partial charge < -0.3 is 4.90 Å². The molecule has 1 aliphatic heterocycles. The molecular weight excluding hydrogens is 232 g/mol. The Kier molecular flexibility index (Phi) is 5.68. The van der Waals surface area contributed by atoms with E-state index in [4.69, 9.17) is 0 Å². The fraction of sp³-hybridized carbons (Fsp3) is 0.692. The second-order valence-corrected chi connectivity index (χ2v) is 4.71. The molecule has 0 bridgehead atoms. The molecule has 1 aliphatic rings. The molecule has 5 heteroatoms. The van der Waals surface area contributed by atoms with Crippen LogP contribution >= 0.6 is 0 Å². The van der Waals surface area contributed by atoms with Gasteiger partial charge >= 0.3 is 5.91 Å². The van der Waals surface area contributed by atoms with Crippen molar-refractivity contribution in [3.63, 3.8) is 0 Å². The van der Waals surface area contributed by atoms with E-state index in [-0.39, 0.29) is 5.91 Å². The number of allylic oxidation sites excluding steroid dienone is 1. The van der Waals surface area contributed by atoms with Gasteiger partial charge in [0.1, 0.15) is 6.04 Å². The summed E-state index contributed by atoms with van der Waals surface area (Å²) in [4.78, 5) is 35.3. The average molecular weight is 252 g/mol. The molecule has 0 spiro atoms. The van der Waals surface area contributed by atoms with Gasteiger partial charge in [0.25, 0.3) is 0 Å². The Balaban J connectivity index is 2.77. The zero-order valence-corrected chi connectivity index (χ0v) is 11.0. The Hall–Kier alpha value is -1.52. The maximum atomic E-state index is 12.1. The Bertz CT molecular complexity index is 363. The molecule has 0 aliphatic carbocycles. The zero-order chi connectivity index (χ0) is 13.5. The smallest absolute Gasteiger partial charge is 0.308 e. The van der Waals surface area contributed by atoms with Crippen LogP contribution in [-0.4, -0.2) is 29.3 Å². The Labute approximate surface area is 107 Å². The molecule has 0 saturated carbocycles. The molecule has 1 fully saturated rings. The van der Waals surface area contributed by atoms with E-state index in [1.165, 1.54) is 4.90 Å². The summed E-state index contributed by atoms with van der Waals surface area (Å²) in [6.45, 7) is 4.48. The lowest BCUT2D eigenvalue weighted by atomic mass is 10.0. The Morgan fingerprint density at radius 2 is 2.11 bits per heavy atom. The minimum atomic E-state index is -0.732. The highest BCUT2D eigenvalue weighted by molar-refractivity contribution is 5.93. The van der Waals surface area contributed by atoms with Crippen LogP contribution in [0.15, 0.2) is 16.8 Å². The lowest BCUT2D eigenvalue weighted by Crippen LogP contribution is -2.46. The van der Waals surface area contributed by atoms with Crippen molar-refractivity contribution in [3.05, 3.63) is 16.6 Å². The number of likely N-dealkylation sites (tertiary alicyclic amines) is 1. The van der Waals surface area contributed by atoms with Crippen LogP contribution in [0.1, 0.15) is 46.0 Å². The van der Waals surface area contributed by atoms with Gasteiger partial charge in [0.15, 0.2) is 0 Å². The van der Waals surface area contributed by atoms with E-state index < -0.39 is 11.9 Å². The van der Waals surface area contributed by atoms with Crippen molar-refractivity contribution < 1.29 is 9.59 Å². The van der Waals surface area contributed by atoms with Crippen LogP contribution in [0.25, 0.3) is 0 Å². The highest BCUT2D eigenvalue weighted by Crippen LogP contribution is 2.19. The van der Waals surface area contributed by atoms with Gasteiger partial charge in [0.05, 0.1) is 0 Å². The number of hydrogen-bond acceptors (Lipinski definition) is 3. The van der Waals surface area contributed by atoms with E-state index in [1.807, 2.05) is 13.8 Å². The van der Waals surface area contributed by atoms with E-state index >= 15 is 0 Å². The number of carbonyl (C=O) groups is 2. The normalized spacial score (nSPS) is 20.7. The molecule has 2 amide bonds. The topological polar surface area (TPSA) is 66.8 Å². The van der Waals surface area contributed by atoms with Crippen LogP contribution in [0.5, 0.6) is 0 Å². The minimum Gasteiger partial charge on any atom is -0.327 e. The summed E-state index contributed by atoms with van der Waals surface area (Å²) in [7, 11) is 0. The second kappa shape index (κ2) is 7.03. The van der Waals surface area contributed by atoms with Gasteiger partial charge in [-0.3, -0.25) is 9.59 Å². The molecule has 0 aromatic carbocycles. The van der Waals surface area contributed by atoms with Crippen molar-refractivity contribution in [2.24, 2.45) is 5.18 Å². The summed E-state index contributed by atoms with van der Waals surface area (Å²) in [6, 6.07) is -0.658. The number of nitrogens with zero attached hydrogens (tertiary/aromatic N) is 2. The Morgan fingerprint density at radius 3 is 2.72 bits per heavy atom. The average Bonchev–Trinajstić information content (AvgIpc) is 2.38. The molecular formula is C13H20N2O3. The first-order chi connectivity index (χ1) is 8.60. The fourth-order valence-electron chi connectivity index (χ4n) is 2.27. The summed E-state index contributed by atoms with van der Waals surface area (Å²) in [5.74, 6) is -0.910. The van der Waals surface area contributed by atoms with Crippen molar-refractivity contribution >= 4 is 11.8 Å². The number of nitroso groups, excluding NO2 is 1. The molecule has 1 saturated heterocycles. The van der Waals surface area contributed by atoms with Gasteiger partial charge in [-0.1, -0.05) is 18.9 Å². The standard InChI is InChI=1S/C13H20N2O3/c1-3-6-10(2)9-12(16)15-8-5-4-7-11(15)13(17)14-18/h9,11H,3-8H2,1-2H3/b10-9+. The number of rotatable bonds is 4. The third-order valence-corrected chi connectivity index (χ3v) is 3.18. The number of hydrogen-bond donors (Lipinski definition) is 0. The van der Waals surface area contributed by atoms with Gasteiger partial charge in [-0.15, -0.1) is 4.91 Å². The first kappa shape index (κ1) is 14.5. The fourth-order valence-corrected chi connectivity index (χ4v) is 2.27. The molecule has 5 nitrogen and oxygen atoms in total. The maximum Gasteiger partial charge on any atom is 0.308 e. The highest BCUT2D eigenvalue weighted by atomic mass is 16.3. The molecule has 1 heterocycles. The molecule has 0 aromatic rings. The van der Waals surface area contributed by atoms with Gasteiger partial charge in [0.2, 0.25) is 5.91 Å². The zero-order valence-electron chi connectivity index (χ0n) is 11.0. The third kappa shape index (κ3) is 3.75. The van der Waals surface area contributed by atoms with Gasteiger partial charge in [-0.2, -0.15) is 0 Å². The lowest BCUT2D eigenvalue weighted by molar-refractivity contribution is -0.137. The highest BCUT2D eigenvalue weighted by Gasteiger charge is 2.31. The molecule has 0 N–H and O–H groups in total. The van der Waals surface area contributed by atoms with Crippen LogP contribution in [0, 0.1) is 4.91 Å². The van der Waals surface area contributed by atoms with Crippen LogP contribution in [-0.2, 0) is 9.59 Å². The minimum absolute atomic E-state index is 0.178. The molecule has 1 unspecified atom stereocenters.